The maximum atomic E-state index is 13.5. The Morgan fingerprint density at radius 2 is 1.86 bits per heavy atom. The first-order chi connectivity index (χ1) is 13.5. The van der Waals surface area contributed by atoms with Crippen LogP contribution in [0, 0.1) is 5.82 Å². The topological polar surface area (TPSA) is 115 Å². The van der Waals surface area contributed by atoms with Gasteiger partial charge in [-0.05, 0) is 17.7 Å². The predicted octanol–water partition coefficient (Wildman–Crippen LogP) is 1.88. The van der Waals surface area contributed by atoms with Crippen molar-refractivity contribution >= 4 is 17.6 Å². The molecule has 1 atom stereocenters. The van der Waals surface area contributed by atoms with Crippen molar-refractivity contribution in [3.8, 4) is 11.3 Å². The second-order valence-corrected chi connectivity index (χ2v) is 6.03. The third-order valence-electron chi connectivity index (χ3n) is 4.06. The Morgan fingerprint density at radius 3 is 2.54 bits per heavy atom. The number of benzene rings is 2. The first-order valence-electron chi connectivity index (χ1n) is 8.34. The normalized spacial score (nSPS) is 11.6. The van der Waals surface area contributed by atoms with Crippen molar-refractivity contribution in [2.75, 3.05) is 0 Å². The largest absolute Gasteiger partial charge is 0.363 e. The van der Waals surface area contributed by atoms with Crippen molar-refractivity contribution < 1.29 is 23.3 Å². The van der Waals surface area contributed by atoms with Gasteiger partial charge in [-0.15, -0.1) is 0 Å². The molecular weight excluding hydrogens is 365 g/mol. The fourth-order valence-corrected chi connectivity index (χ4v) is 2.71. The number of nitrogens with one attached hydrogen (secondary N) is 1. The highest BCUT2D eigenvalue weighted by atomic mass is 19.1. The molecule has 2 amide bonds. The second-order valence-electron chi connectivity index (χ2n) is 6.03. The van der Waals surface area contributed by atoms with E-state index in [9.17, 15) is 18.8 Å². The van der Waals surface area contributed by atoms with Gasteiger partial charge in [0.1, 0.15) is 29.4 Å². The van der Waals surface area contributed by atoms with Crippen molar-refractivity contribution in [1.82, 2.24) is 10.5 Å². The molecule has 3 N–H and O–H groups in total. The van der Waals surface area contributed by atoms with Crippen LogP contribution in [0.25, 0.3) is 11.3 Å². The molecule has 142 valence electrons. The molecule has 3 aromatic rings. The van der Waals surface area contributed by atoms with Gasteiger partial charge in [0.25, 0.3) is 11.8 Å². The lowest BCUT2D eigenvalue weighted by Gasteiger charge is -2.16. The maximum Gasteiger partial charge on any atom is 0.287 e. The highest BCUT2D eigenvalue weighted by molar-refractivity contribution is 6.38. The summed E-state index contributed by atoms with van der Waals surface area (Å²) in [6.45, 7) is 0. The van der Waals surface area contributed by atoms with Gasteiger partial charge < -0.3 is 15.6 Å². The van der Waals surface area contributed by atoms with E-state index in [1.165, 1.54) is 18.2 Å². The third-order valence-corrected chi connectivity index (χ3v) is 4.06. The average Bonchev–Trinajstić information content (AvgIpc) is 3.17. The van der Waals surface area contributed by atoms with Crippen LogP contribution in [-0.2, 0) is 16.0 Å². The van der Waals surface area contributed by atoms with Crippen LogP contribution in [0.5, 0.6) is 0 Å². The van der Waals surface area contributed by atoms with Crippen LogP contribution in [-0.4, -0.2) is 28.8 Å². The number of amides is 2. The maximum absolute atomic E-state index is 13.5. The molecule has 0 unspecified atom stereocenters. The van der Waals surface area contributed by atoms with Crippen molar-refractivity contribution in [2.24, 2.45) is 5.73 Å². The second kappa shape index (κ2) is 8.26. The Morgan fingerprint density at radius 1 is 1.11 bits per heavy atom. The molecule has 0 aliphatic carbocycles. The van der Waals surface area contributed by atoms with Gasteiger partial charge in [-0.3, -0.25) is 14.4 Å². The number of ketones is 1. The Hall–Kier alpha value is -3.81. The molecule has 0 fully saturated rings. The van der Waals surface area contributed by atoms with E-state index in [1.54, 1.807) is 36.4 Å². The minimum absolute atomic E-state index is 0.000863. The number of halogens is 1. The van der Waals surface area contributed by atoms with Crippen LogP contribution < -0.4 is 11.1 Å². The standard InChI is InChI=1S/C20H16FN3O4/c21-14-8-4-7-13(10-14)17-15(11-28-24-17)20(27)23-16(18(25)19(22)26)9-12-5-2-1-3-6-12/h1-8,10-11,16H,9H2,(H2,22,26)(H,23,27)/t16-/m0/s1. The summed E-state index contributed by atoms with van der Waals surface area (Å²) in [6, 6.07) is 13.2. The van der Waals surface area contributed by atoms with Crippen LogP contribution >= 0.6 is 0 Å². The van der Waals surface area contributed by atoms with Gasteiger partial charge in [-0.25, -0.2) is 4.39 Å². The highest BCUT2D eigenvalue weighted by Crippen LogP contribution is 2.23. The number of nitrogens with two attached hydrogens (primary N) is 1. The van der Waals surface area contributed by atoms with Gasteiger partial charge in [0.15, 0.2) is 0 Å². The van der Waals surface area contributed by atoms with E-state index in [0.29, 0.717) is 5.56 Å². The molecular formula is C20H16FN3O4. The molecule has 1 aromatic heterocycles. The van der Waals surface area contributed by atoms with Gasteiger partial charge in [0.2, 0.25) is 5.78 Å². The molecule has 1 heterocycles. The summed E-state index contributed by atoms with van der Waals surface area (Å²) in [7, 11) is 0. The monoisotopic (exact) mass is 381 g/mol. The lowest BCUT2D eigenvalue weighted by molar-refractivity contribution is -0.137. The number of nitrogens with zero attached hydrogens (tertiary/aromatic N) is 1. The van der Waals surface area contributed by atoms with Crippen LogP contribution in [0.1, 0.15) is 15.9 Å². The SMILES string of the molecule is NC(=O)C(=O)[C@H](Cc1ccccc1)NC(=O)c1conc1-c1cccc(F)c1. The zero-order valence-electron chi connectivity index (χ0n) is 14.6. The van der Waals surface area contributed by atoms with E-state index in [-0.39, 0.29) is 17.7 Å². The zero-order chi connectivity index (χ0) is 20.1. The number of hydrogen-bond donors (Lipinski definition) is 2. The average molecular weight is 381 g/mol. The summed E-state index contributed by atoms with van der Waals surface area (Å²) in [4.78, 5) is 36.3. The van der Waals surface area contributed by atoms with Gasteiger partial charge >= 0.3 is 0 Å². The van der Waals surface area contributed by atoms with E-state index in [1.807, 2.05) is 0 Å². The number of rotatable bonds is 7. The molecule has 3 rings (SSSR count). The van der Waals surface area contributed by atoms with E-state index < -0.39 is 29.5 Å². The molecule has 8 heteroatoms. The van der Waals surface area contributed by atoms with E-state index in [4.69, 9.17) is 10.3 Å². The van der Waals surface area contributed by atoms with Crippen LogP contribution in [0.15, 0.2) is 65.4 Å². The number of primary amides is 1. The molecule has 2 aromatic carbocycles. The molecule has 0 bridgehead atoms. The van der Waals surface area contributed by atoms with Crippen LogP contribution in [0.4, 0.5) is 4.39 Å². The van der Waals surface area contributed by atoms with E-state index >= 15 is 0 Å². The number of Topliss-reactive ketones (excluding diaryl/α,β-unsaturated/α-hetero) is 1. The summed E-state index contributed by atoms with van der Waals surface area (Å²) in [5.74, 6) is -3.29. The van der Waals surface area contributed by atoms with E-state index in [2.05, 4.69) is 10.5 Å². The van der Waals surface area contributed by atoms with Gasteiger partial charge in [-0.1, -0.05) is 47.6 Å². The lowest BCUT2D eigenvalue weighted by atomic mass is 10.0. The minimum atomic E-state index is -1.16. The summed E-state index contributed by atoms with van der Waals surface area (Å²) < 4.78 is 18.3. The molecule has 0 saturated heterocycles. The summed E-state index contributed by atoms with van der Waals surface area (Å²) >= 11 is 0. The third kappa shape index (κ3) is 4.29. The minimum Gasteiger partial charge on any atom is -0.363 e. The molecule has 0 spiro atoms. The van der Waals surface area contributed by atoms with Crippen molar-refractivity contribution in [2.45, 2.75) is 12.5 Å². The number of hydrogen-bond acceptors (Lipinski definition) is 5. The molecule has 0 saturated carbocycles. The quantitative estimate of drug-likeness (QED) is 0.606. The first-order valence-corrected chi connectivity index (χ1v) is 8.34. The smallest absolute Gasteiger partial charge is 0.287 e. The number of aromatic nitrogens is 1. The van der Waals surface area contributed by atoms with Crippen LogP contribution in [0.2, 0.25) is 0 Å². The highest BCUT2D eigenvalue weighted by Gasteiger charge is 2.28. The Bertz CT molecular complexity index is 1020. The molecule has 0 radical (unpaired) electrons. The Kier molecular flexibility index (Phi) is 5.59. The molecule has 28 heavy (non-hydrogen) atoms. The molecule has 0 aliphatic heterocycles. The molecule has 7 nitrogen and oxygen atoms in total. The number of carbonyl (C=O) groups is 3. The lowest BCUT2D eigenvalue weighted by Crippen LogP contribution is -2.47. The predicted molar refractivity (Wildman–Crippen MR) is 97.5 cm³/mol. The van der Waals surface area contributed by atoms with Gasteiger partial charge in [0.05, 0.1) is 0 Å². The zero-order valence-corrected chi connectivity index (χ0v) is 14.6. The summed E-state index contributed by atoms with van der Waals surface area (Å²) in [6.07, 6.45) is 1.17. The fourth-order valence-electron chi connectivity index (χ4n) is 2.71. The summed E-state index contributed by atoms with van der Waals surface area (Å²) in [5.41, 5.74) is 6.29. The molecule has 0 aliphatic rings. The Labute approximate surface area is 159 Å². The van der Waals surface area contributed by atoms with E-state index in [0.717, 1.165) is 11.8 Å². The van der Waals surface area contributed by atoms with Gasteiger partial charge in [-0.2, -0.15) is 0 Å². The number of carbonyl (C=O) groups excluding carboxylic acids is 3. The van der Waals surface area contributed by atoms with Gasteiger partial charge in [0, 0.05) is 12.0 Å². The van der Waals surface area contributed by atoms with Crippen molar-refractivity contribution in [3.63, 3.8) is 0 Å². The first kappa shape index (κ1) is 19.0. The Balaban J connectivity index is 1.86. The van der Waals surface area contributed by atoms with Crippen molar-refractivity contribution in [1.29, 1.82) is 0 Å². The summed E-state index contributed by atoms with van der Waals surface area (Å²) in [5, 5.41) is 6.23. The van der Waals surface area contributed by atoms with Crippen LogP contribution in [0.3, 0.4) is 0 Å². The van der Waals surface area contributed by atoms with Crippen molar-refractivity contribution in [3.05, 3.63) is 77.8 Å². The fraction of sp³-hybridized carbons (Fsp3) is 0.100.